The summed E-state index contributed by atoms with van der Waals surface area (Å²) in [6, 6.07) is 7.74. The number of ketones is 2. The Hall–Kier alpha value is -0.960. The van der Waals surface area contributed by atoms with Gasteiger partial charge >= 0.3 is 0 Å². The van der Waals surface area contributed by atoms with Crippen LogP contribution in [0.2, 0.25) is 0 Å². The lowest BCUT2D eigenvalue weighted by molar-refractivity contribution is -0.142. The van der Waals surface area contributed by atoms with Crippen LogP contribution in [0.15, 0.2) is 28.7 Å². The fraction of sp³-hybridized carbons (Fsp3) is 0.429. The Bertz CT molecular complexity index is 473. The molecule has 1 aliphatic rings. The van der Waals surface area contributed by atoms with Crippen LogP contribution in [0.5, 0.6) is 0 Å². The maximum Gasteiger partial charge on any atom is 0.208 e. The molecule has 0 N–H and O–H groups in total. The van der Waals surface area contributed by atoms with Crippen molar-refractivity contribution >= 4 is 27.5 Å². The fourth-order valence-electron chi connectivity index (χ4n) is 2.81. The van der Waals surface area contributed by atoms with Gasteiger partial charge in [0, 0.05) is 11.4 Å². The van der Waals surface area contributed by atoms with Gasteiger partial charge in [-0.1, -0.05) is 35.0 Å². The van der Waals surface area contributed by atoms with Gasteiger partial charge in [0.05, 0.1) is 5.41 Å². The largest absolute Gasteiger partial charge is 0.291 e. The molecule has 1 aliphatic carbocycles. The first-order valence-electron chi connectivity index (χ1n) is 5.77. The van der Waals surface area contributed by atoms with E-state index < -0.39 is 5.41 Å². The molecule has 0 spiro atoms. The van der Waals surface area contributed by atoms with Gasteiger partial charge in [0.1, 0.15) is 0 Å². The average Bonchev–Trinajstić information content (AvgIpc) is 2.23. The van der Waals surface area contributed by atoms with Crippen LogP contribution >= 0.6 is 15.9 Å². The summed E-state index contributed by atoms with van der Waals surface area (Å²) in [6.45, 7) is 3.48. The summed E-state index contributed by atoms with van der Waals surface area (Å²) >= 11 is 3.41. The van der Waals surface area contributed by atoms with Gasteiger partial charge in [-0.05, 0) is 36.5 Å². The third-order valence-corrected chi connectivity index (χ3v) is 4.02. The summed E-state index contributed by atoms with van der Waals surface area (Å²) in [4.78, 5) is 23.5. The fourth-order valence-corrected chi connectivity index (χ4v) is 3.20. The van der Waals surface area contributed by atoms with Crippen molar-refractivity contribution < 1.29 is 9.59 Å². The van der Waals surface area contributed by atoms with Crippen LogP contribution in [-0.4, -0.2) is 11.6 Å². The number of carbonyl (C=O) groups excluding carboxylic acids is 2. The van der Waals surface area contributed by atoms with Gasteiger partial charge in [-0.3, -0.25) is 9.59 Å². The molecule has 0 amide bonds. The predicted molar refractivity (Wildman–Crippen MR) is 69.9 cm³/mol. The van der Waals surface area contributed by atoms with Crippen molar-refractivity contribution in [1.29, 1.82) is 0 Å². The number of hydrogen-bond donors (Lipinski definition) is 0. The predicted octanol–water partition coefficient (Wildman–Crippen LogP) is 3.27. The first kappa shape index (κ1) is 12.5. The van der Waals surface area contributed by atoms with Gasteiger partial charge in [0.2, 0.25) is 5.78 Å². The number of carbonyl (C=O) groups is 2. The molecule has 2 rings (SSSR count). The third-order valence-electron chi connectivity index (χ3n) is 3.53. The zero-order valence-electron chi connectivity index (χ0n) is 10.00. The topological polar surface area (TPSA) is 34.1 Å². The summed E-state index contributed by atoms with van der Waals surface area (Å²) in [7, 11) is 0. The van der Waals surface area contributed by atoms with Crippen LogP contribution < -0.4 is 0 Å². The molecular formula is C14H15BrO2. The summed E-state index contributed by atoms with van der Waals surface area (Å²) in [5.74, 6) is -0.0668. The van der Waals surface area contributed by atoms with Gasteiger partial charge in [0.25, 0.3) is 0 Å². The average molecular weight is 295 g/mol. The monoisotopic (exact) mass is 294 g/mol. The smallest absolute Gasteiger partial charge is 0.208 e. The van der Waals surface area contributed by atoms with E-state index in [4.69, 9.17) is 0 Å². The molecule has 0 atom stereocenters. The minimum atomic E-state index is -0.560. The molecule has 0 heterocycles. The van der Waals surface area contributed by atoms with Crippen LogP contribution in [0.1, 0.15) is 32.3 Å². The van der Waals surface area contributed by atoms with E-state index in [0.717, 1.165) is 22.9 Å². The number of Topliss-reactive ketones (excluding diaryl/α,β-unsaturated/α-hetero) is 2. The molecule has 90 valence electrons. The molecule has 3 heteroatoms. The van der Waals surface area contributed by atoms with Crippen LogP contribution in [0.25, 0.3) is 0 Å². The zero-order valence-corrected chi connectivity index (χ0v) is 11.6. The van der Waals surface area contributed by atoms with Crippen LogP contribution in [0.4, 0.5) is 0 Å². The maximum absolute atomic E-state index is 12.1. The number of benzene rings is 1. The van der Waals surface area contributed by atoms with Gasteiger partial charge in [-0.15, -0.1) is 0 Å². The Balaban J connectivity index is 2.43. The quantitative estimate of drug-likeness (QED) is 0.802. The molecular weight excluding hydrogens is 280 g/mol. The molecule has 2 nitrogen and oxygen atoms in total. The first-order valence-corrected chi connectivity index (χ1v) is 6.56. The van der Waals surface area contributed by atoms with E-state index >= 15 is 0 Å². The van der Waals surface area contributed by atoms with Crippen molar-refractivity contribution in [3.05, 3.63) is 34.3 Å². The summed E-state index contributed by atoms with van der Waals surface area (Å²) in [5, 5.41) is 0. The highest BCUT2D eigenvalue weighted by Crippen LogP contribution is 2.48. The summed E-state index contributed by atoms with van der Waals surface area (Å²) < 4.78 is 0.949. The minimum absolute atomic E-state index is 0.242. The molecule has 0 unspecified atom stereocenters. The molecule has 1 aromatic rings. The van der Waals surface area contributed by atoms with Gasteiger partial charge < -0.3 is 0 Å². The van der Waals surface area contributed by atoms with Crippen molar-refractivity contribution in [3.8, 4) is 0 Å². The molecule has 17 heavy (non-hydrogen) atoms. The zero-order chi connectivity index (χ0) is 12.6. The van der Waals surface area contributed by atoms with Crippen molar-refractivity contribution in [2.24, 2.45) is 5.92 Å². The number of rotatable bonds is 3. The van der Waals surface area contributed by atoms with Gasteiger partial charge in [-0.2, -0.15) is 0 Å². The van der Waals surface area contributed by atoms with E-state index in [1.54, 1.807) is 0 Å². The molecule has 0 saturated heterocycles. The van der Waals surface area contributed by atoms with Crippen molar-refractivity contribution in [2.75, 3.05) is 0 Å². The van der Waals surface area contributed by atoms with Crippen LogP contribution in [0.3, 0.4) is 0 Å². The molecule has 0 bridgehead atoms. The van der Waals surface area contributed by atoms with E-state index in [1.807, 2.05) is 24.3 Å². The first-order chi connectivity index (χ1) is 7.95. The van der Waals surface area contributed by atoms with E-state index in [1.165, 1.54) is 6.92 Å². The van der Waals surface area contributed by atoms with Crippen molar-refractivity contribution in [2.45, 2.75) is 32.1 Å². The Labute approximate surface area is 110 Å². The normalized spacial score (nSPS) is 27.4. The van der Waals surface area contributed by atoms with E-state index in [0.29, 0.717) is 5.92 Å². The Morgan fingerprint density at radius 1 is 1.35 bits per heavy atom. The van der Waals surface area contributed by atoms with E-state index in [9.17, 15) is 9.59 Å². The van der Waals surface area contributed by atoms with Gasteiger partial charge in [-0.25, -0.2) is 0 Å². The highest BCUT2D eigenvalue weighted by molar-refractivity contribution is 9.10. The Morgan fingerprint density at radius 3 is 2.47 bits per heavy atom. The highest BCUT2D eigenvalue weighted by Gasteiger charge is 2.50. The second kappa shape index (κ2) is 4.37. The standard InChI is InChI=1S/C14H15BrO2/c1-9-7-14(8-9,13(17)10(2)16)11-4-3-5-12(15)6-11/h3-6,9H,7-8H2,1-2H3. The lowest BCUT2D eigenvalue weighted by Gasteiger charge is -2.45. The summed E-state index contributed by atoms with van der Waals surface area (Å²) in [6.07, 6.45) is 1.56. The van der Waals surface area contributed by atoms with Crippen molar-refractivity contribution in [1.82, 2.24) is 0 Å². The Morgan fingerprint density at radius 2 is 2.00 bits per heavy atom. The highest BCUT2D eigenvalue weighted by atomic mass is 79.9. The Kier molecular flexibility index (Phi) is 3.21. The second-order valence-electron chi connectivity index (χ2n) is 4.99. The second-order valence-corrected chi connectivity index (χ2v) is 5.91. The van der Waals surface area contributed by atoms with E-state index in [-0.39, 0.29) is 11.6 Å². The molecule has 1 fully saturated rings. The third kappa shape index (κ3) is 2.08. The van der Waals surface area contributed by atoms with Crippen LogP contribution in [-0.2, 0) is 15.0 Å². The SMILES string of the molecule is CC(=O)C(=O)C1(c2cccc(Br)c2)CC(C)C1. The van der Waals surface area contributed by atoms with Crippen molar-refractivity contribution in [3.63, 3.8) is 0 Å². The lowest BCUT2D eigenvalue weighted by Crippen LogP contribution is -2.49. The minimum Gasteiger partial charge on any atom is -0.291 e. The molecule has 0 aromatic heterocycles. The molecule has 0 radical (unpaired) electrons. The molecule has 1 aromatic carbocycles. The lowest BCUT2D eigenvalue weighted by atomic mass is 9.56. The maximum atomic E-state index is 12.1. The number of halogens is 1. The van der Waals surface area contributed by atoms with Crippen LogP contribution in [0, 0.1) is 5.92 Å². The number of hydrogen-bond acceptors (Lipinski definition) is 2. The van der Waals surface area contributed by atoms with E-state index in [2.05, 4.69) is 22.9 Å². The molecule has 0 aliphatic heterocycles. The molecule has 1 saturated carbocycles. The van der Waals surface area contributed by atoms with Gasteiger partial charge in [0.15, 0.2) is 5.78 Å². The summed E-state index contributed by atoms with van der Waals surface area (Å²) in [5.41, 5.74) is 0.403.